The van der Waals surface area contributed by atoms with Crippen molar-refractivity contribution in [2.24, 2.45) is 0 Å². The third kappa shape index (κ3) is 1.49. The van der Waals surface area contributed by atoms with E-state index in [2.05, 4.69) is 5.10 Å². The van der Waals surface area contributed by atoms with Gasteiger partial charge in [-0.3, -0.25) is 4.68 Å². The Morgan fingerprint density at radius 3 is 3.00 bits per heavy atom. The first-order chi connectivity index (χ1) is 6.68. The second-order valence-electron chi connectivity index (χ2n) is 3.53. The molecule has 1 aromatic heterocycles. The molecule has 2 unspecified atom stereocenters. The topological polar surface area (TPSA) is 55.1 Å². The molecule has 0 spiro atoms. The van der Waals surface area contributed by atoms with Crippen LogP contribution in [0.25, 0.3) is 0 Å². The fourth-order valence-electron chi connectivity index (χ4n) is 1.90. The number of aromatic nitrogens is 2. The summed E-state index contributed by atoms with van der Waals surface area (Å²) in [6, 6.07) is 1.35. The molecule has 5 heteroatoms. The van der Waals surface area contributed by atoms with Crippen LogP contribution >= 0.6 is 0 Å². The van der Waals surface area contributed by atoms with Crippen LogP contribution in [0, 0.1) is 0 Å². The van der Waals surface area contributed by atoms with Gasteiger partial charge in [-0.1, -0.05) is 0 Å². The van der Waals surface area contributed by atoms with E-state index in [9.17, 15) is 9.18 Å². The lowest BCUT2D eigenvalue weighted by Gasteiger charge is -2.11. The molecule has 0 bridgehead atoms. The zero-order valence-corrected chi connectivity index (χ0v) is 7.56. The van der Waals surface area contributed by atoms with Crippen LogP contribution in [0.15, 0.2) is 12.3 Å². The second-order valence-corrected chi connectivity index (χ2v) is 3.53. The summed E-state index contributed by atoms with van der Waals surface area (Å²) in [7, 11) is 0. The maximum absolute atomic E-state index is 12.9. The van der Waals surface area contributed by atoms with Gasteiger partial charge in [-0.25, -0.2) is 9.18 Å². The Hall–Kier alpha value is -1.39. The van der Waals surface area contributed by atoms with Crippen molar-refractivity contribution >= 4 is 5.97 Å². The molecule has 1 aliphatic rings. The zero-order valence-electron chi connectivity index (χ0n) is 7.56. The normalized spacial score (nSPS) is 26.6. The van der Waals surface area contributed by atoms with Gasteiger partial charge in [0.25, 0.3) is 0 Å². The first-order valence-corrected chi connectivity index (χ1v) is 4.59. The molecule has 1 N–H and O–H groups in total. The Bertz CT molecular complexity index is 350. The molecule has 1 saturated carbocycles. The third-order valence-electron chi connectivity index (χ3n) is 2.58. The highest BCUT2D eigenvalue weighted by atomic mass is 19.1. The first-order valence-electron chi connectivity index (χ1n) is 4.59. The number of rotatable bonds is 2. The van der Waals surface area contributed by atoms with E-state index in [1.807, 2.05) is 0 Å². The van der Waals surface area contributed by atoms with Gasteiger partial charge in [0.15, 0.2) is 0 Å². The van der Waals surface area contributed by atoms with E-state index >= 15 is 0 Å². The van der Waals surface area contributed by atoms with Crippen LogP contribution in [0.2, 0.25) is 0 Å². The Kier molecular flexibility index (Phi) is 2.23. The molecule has 1 aliphatic carbocycles. The molecule has 0 amide bonds. The number of nitrogens with zero attached hydrogens (tertiary/aromatic N) is 2. The second kappa shape index (κ2) is 3.40. The minimum absolute atomic E-state index is 0.0916. The van der Waals surface area contributed by atoms with Crippen LogP contribution in [-0.4, -0.2) is 27.0 Å². The van der Waals surface area contributed by atoms with Gasteiger partial charge in [0.1, 0.15) is 11.9 Å². The number of carbonyl (C=O) groups is 1. The monoisotopic (exact) mass is 198 g/mol. The molecule has 76 valence electrons. The molecule has 14 heavy (non-hydrogen) atoms. The highest BCUT2D eigenvalue weighted by Gasteiger charge is 2.28. The average molecular weight is 198 g/mol. The van der Waals surface area contributed by atoms with Gasteiger partial charge in [-0.05, 0) is 18.9 Å². The molecule has 1 heterocycles. The number of aromatic carboxylic acids is 1. The summed E-state index contributed by atoms with van der Waals surface area (Å²) in [5.41, 5.74) is 0.143. The van der Waals surface area contributed by atoms with Crippen LogP contribution in [0.4, 0.5) is 4.39 Å². The van der Waals surface area contributed by atoms with Crippen molar-refractivity contribution in [3.05, 3.63) is 18.0 Å². The molecule has 0 aromatic carbocycles. The van der Waals surface area contributed by atoms with Gasteiger partial charge in [0, 0.05) is 12.6 Å². The maximum Gasteiger partial charge on any atom is 0.354 e. The van der Waals surface area contributed by atoms with Gasteiger partial charge in [-0.2, -0.15) is 5.10 Å². The zero-order chi connectivity index (χ0) is 10.1. The average Bonchev–Trinajstić information content (AvgIpc) is 2.70. The molecular formula is C9H11FN2O2. The lowest BCUT2D eigenvalue weighted by molar-refractivity contribution is 0.0679. The van der Waals surface area contributed by atoms with Crippen molar-refractivity contribution < 1.29 is 14.3 Å². The van der Waals surface area contributed by atoms with Crippen molar-refractivity contribution in [3.63, 3.8) is 0 Å². The van der Waals surface area contributed by atoms with Gasteiger partial charge in [-0.15, -0.1) is 0 Å². The minimum Gasteiger partial charge on any atom is -0.477 e. The van der Waals surface area contributed by atoms with E-state index in [1.165, 1.54) is 16.9 Å². The standard InChI is InChI=1S/C9H11FN2O2/c10-6-1-2-7(5-6)12-8(9(13)14)3-4-11-12/h3-4,6-7H,1-2,5H2,(H,13,14). The highest BCUT2D eigenvalue weighted by molar-refractivity contribution is 5.85. The predicted octanol–water partition coefficient (Wildman–Crippen LogP) is 1.64. The predicted molar refractivity (Wildman–Crippen MR) is 47.0 cm³/mol. The van der Waals surface area contributed by atoms with Crippen molar-refractivity contribution in [1.82, 2.24) is 9.78 Å². The molecule has 0 radical (unpaired) electrons. The SMILES string of the molecule is O=C(O)c1ccnn1C1CCC(F)C1. The van der Waals surface area contributed by atoms with E-state index in [1.54, 1.807) is 0 Å². The lowest BCUT2D eigenvalue weighted by Crippen LogP contribution is -2.14. The van der Waals surface area contributed by atoms with Crippen LogP contribution < -0.4 is 0 Å². The first kappa shape index (κ1) is 9.18. The Labute approximate surface area is 80.3 Å². The lowest BCUT2D eigenvalue weighted by atomic mass is 10.2. The van der Waals surface area contributed by atoms with Gasteiger partial charge in [0.2, 0.25) is 0 Å². The Morgan fingerprint density at radius 1 is 1.64 bits per heavy atom. The van der Waals surface area contributed by atoms with Crippen LogP contribution in [0.3, 0.4) is 0 Å². The Balaban J connectivity index is 2.23. The summed E-state index contributed by atoms with van der Waals surface area (Å²) in [6.07, 6.45) is 2.18. The summed E-state index contributed by atoms with van der Waals surface area (Å²) in [6.45, 7) is 0. The summed E-state index contributed by atoms with van der Waals surface area (Å²) in [5, 5.41) is 12.7. The Morgan fingerprint density at radius 2 is 2.43 bits per heavy atom. The number of halogens is 1. The van der Waals surface area contributed by atoms with E-state index in [4.69, 9.17) is 5.11 Å². The summed E-state index contributed by atoms with van der Waals surface area (Å²) in [4.78, 5) is 10.8. The van der Waals surface area contributed by atoms with Gasteiger partial charge >= 0.3 is 5.97 Å². The van der Waals surface area contributed by atoms with E-state index in [0.717, 1.165) is 0 Å². The fraction of sp³-hybridized carbons (Fsp3) is 0.556. The molecule has 1 aromatic rings. The molecule has 2 atom stereocenters. The molecule has 0 saturated heterocycles. The molecule has 0 aliphatic heterocycles. The molecule has 4 nitrogen and oxygen atoms in total. The smallest absolute Gasteiger partial charge is 0.354 e. The third-order valence-corrected chi connectivity index (χ3v) is 2.58. The molecule has 1 fully saturated rings. The van der Waals surface area contributed by atoms with E-state index < -0.39 is 12.1 Å². The maximum atomic E-state index is 12.9. The minimum atomic E-state index is -1.01. The van der Waals surface area contributed by atoms with Gasteiger partial charge < -0.3 is 5.11 Å². The van der Waals surface area contributed by atoms with Crippen molar-refractivity contribution in [2.75, 3.05) is 0 Å². The number of hydrogen-bond acceptors (Lipinski definition) is 2. The van der Waals surface area contributed by atoms with Gasteiger partial charge in [0.05, 0.1) is 6.04 Å². The summed E-state index contributed by atoms with van der Waals surface area (Å²) < 4.78 is 14.3. The largest absolute Gasteiger partial charge is 0.477 e. The number of carboxylic acids is 1. The number of carboxylic acid groups (broad SMARTS) is 1. The number of hydrogen-bond donors (Lipinski definition) is 1. The van der Waals surface area contributed by atoms with E-state index in [-0.39, 0.29) is 11.7 Å². The van der Waals surface area contributed by atoms with Crippen LogP contribution in [0.1, 0.15) is 35.8 Å². The van der Waals surface area contributed by atoms with Crippen LogP contribution in [0.5, 0.6) is 0 Å². The quantitative estimate of drug-likeness (QED) is 0.786. The molecular weight excluding hydrogens is 187 g/mol. The van der Waals surface area contributed by atoms with Crippen molar-refractivity contribution in [1.29, 1.82) is 0 Å². The van der Waals surface area contributed by atoms with Crippen molar-refractivity contribution in [3.8, 4) is 0 Å². The number of alkyl halides is 1. The van der Waals surface area contributed by atoms with Crippen LogP contribution in [-0.2, 0) is 0 Å². The van der Waals surface area contributed by atoms with E-state index in [0.29, 0.717) is 19.3 Å². The summed E-state index contributed by atoms with van der Waals surface area (Å²) in [5.74, 6) is -1.01. The summed E-state index contributed by atoms with van der Waals surface area (Å²) >= 11 is 0. The molecule has 2 rings (SSSR count). The fourth-order valence-corrected chi connectivity index (χ4v) is 1.90. The van der Waals surface area contributed by atoms with Crippen molar-refractivity contribution in [2.45, 2.75) is 31.5 Å². The highest BCUT2D eigenvalue weighted by Crippen LogP contribution is 2.32.